The van der Waals surface area contributed by atoms with Crippen LogP contribution in [0, 0.1) is 16.0 Å². The van der Waals surface area contributed by atoms with E-state index < -0.39 is 10.8 Å². The third-order valence-electron chi connectivity index (χ3n) is 4.56. The first kappa shape index (κ1) is 15.3. The summed E-state index contributed by atoms with van der Waals surface area (Å²) < 4.78 is 1.22. The summed E-state index contributed by atoms with van der Waals surface area (Å²) in [5, 5.41) is 18.5. The number of amides is 1. The molecule has 0 radical (unpaired) electrons. The third-order valence-corrected chi connectivity index (χ3v) is 4.56. The van der Waals surface area contributed by atoms with Crippen molar-refractivity contribution in [2.75, 3.05) is 5.32 Å². The molecule has 122 valence electrons. The molecule has 1 aliphatic carbocycles. The lowest BCUT2D eigenvalue weighted by molar-refractivity contribution is -0.390. The number of fused-ring (bicyclic) bond motifs is 1. The van der Waals surface area contributed by atoms with Crippen molar-refractivity contribution in [2.45, 2.75) is 38.6 Å². The number of hydrogen-bond donors (Lipinski definition) is 2. The smallest absolute Gasteiger partial charge is 0.348 e. The number of hydrogen-bond acceptors (Lipinski definition) is 5. The van der Waals surface area contributed by atoms with Gasteiger partial charge in [-0.05, 0) is 29.7 Å². The first-order valence-electron chi connectivity index (χ1n) is 7.70. The first-order valence-corrected chi connectivity index (χ1v) is 7.70. The molecule has 1 aliphatic rings. The summed E-state index contributed by atoms with van der Waals surface area (Å²) in [6.45, 7) is 2.17. The second-order valence-corrected chi connectivity index (χ2v) is 6.06. The van der Waals surface area contributed by atoms with Crippen LogP contribution in [0.25, 0.3) is 5.52 Å². The van der Waals surface area contributed by atoms with Crippen LogP contribution in [-0.4, -0.2) is 26.5 Å². The van der Waals surface area contributed by atoms with Crippen LogP contribution in [0.3, 0.4) is 0 Å². The van der Waals surface area contributed by atoms with Gasteiger partial charge < -0.3 is 21.2 Å². The fraction of sp³-hybridized carbons (Fsp3) is 0.467. The number of aromatic nitrogens is 2. The quantitative estimate of drug-likeness (QED) is 0.663. The van der Waals surface area contributed by atoms with Gasteiger partial charge in [0.1, 0.15) is 0 Å². The van der Waals surface area contributed by atoms with Gasteiger partial charge in [0.15, 0.2) is 5.52 Å². The molecule has 8 nitrogen and oxygen atoms in total. The Hall–Kier alpha value is -2.64. The van der Waals surface area contributed by atoms with Crippen LogP contribution in [0.2, 0.25) is 0 Å². The number of nitrogens with one attached hydrogen (secondary N) is 1. The summed E-state index contributed by atoms with van der Waals surface area (Å²) >= 11 is 0. The molecule has 0 aliphatic heterocycles. The predicted octanol–water partition coefficient (Wildman–Crippen LogP) is 2.33. The maximum absolute atomic E-state index is 11.7. The zero-order valence-electron chi connectivity index (χ0n) is 12.9. The minimum absolute atomic E-state index is 0.143. The molecular formula is C15H19N5O3. The summed E-state index contributed by atoms with van der Waals surface area (Å²) in [4.78, 5) is 22.3. The lowest BCUT2D eigenvalue weighted by Gasteiger charge is -2.30. The van der Waals surface area contributed by atoms with Crippen molar-refractivity contribution in [2.24, 2.45) is 11.7 Å². The highest BCUT2D eigenvalue weighted by Crippen LogP contribution is 2.31. The molecule has 2 aromatic rings. The standard InChI is InChI=1S/C15H19N5O3/c1-9-4-2-3-5-11(9)18-14-10(15(16)21)8-17-19-12(14)6-7-13(19)20(22)23/h6-9,11,18H,2-5H2,1H3,(H2,16,21)/t9-,11+/m1/s1. The van der Waals surface area contributed by atoms with Crippen LogP contribution in [-0.2, 0) is 0 Å². The van der Waals surface area contributed by atoms with E-state index in [-0.39, 0.29) is 17.4 Å². The first-order chi connectivity index (χ1) is 11.0. The summed E-state index contributed by atoms with van der Waals surface area (Å²) in [7, 11) is 0. The Kier molecular flexibility index (Phi) is 3.89. The molecule has 2 aromatic heterocycles. The van der Waals surface area contributed by atoms with E-state index >= 15 is 0 Å². The number of carbonyl (C=O) groups excluding carboxylic acids is 1. The Balaban J connectivity index is 2.09. The molecule has 0 unspecified atom stereocenters. The number of rotatable bonds is 4. The molecule has 1 saturated carbocycles. The maximum atomic E-state index is 11.7. The van der Waals surface area contributed by atoms with Gasteiger partial charge in [-0.15, -0.1) is 0 Å². The van der Waals surface area contributed by atoms with Gasteiger partial charge >= 0.3 is 5.82 Å². The number of nitrogens with zero attached hydrogens (tertiary/aromatic N) is 3. The molecule has 0 spiro atoms. The van der Waals surface area contributed by atoms with Crippen molar-refractivity contribution < 1.29 is 9.72 Å². The molecule has 2 atom stereocenters. The number of nitrogens with two attached hydrogens (primary N) is 1. The van der Waals surface area contributed by atoms with Gasteiger partial charge in [-0.1, -0.05) is 29.4 Å². The van der Waals surface area contributed by atoms with Crippen LogP contribution in [0.15, 0.2) is 18.3 Å². The van der Waals surface area contributed by atoms with Crippen molar-refractivity contribution in [3.63, 3.8) is 0 Å². The van der Waals surface area contributed by atoms with Gasteiger partial charge in [-0.2, -0.15) is 0 Å². The molecule has 23 heavy (non-hydrogen) atoms. The van der Waals surface area contributed by atoms with E-state index in [1.807, 2.05) is 0 Å². The molecule has 2 heterocycles. The van der Waals surface area contributed by atoms with E-state index in [1.54, 1.807) is 6.07 Å². The highest BCUT2D eigenvalue weighted by Gasteiger charge is 2.27. The summed E-state index contributed by atoms with van der Waals surface area (Å²) in [6, 6.07) is 3.18. The van der Waals surface area contributed by atoms with Crippen molar-refractivity contribution in [1.29, 1.82) is 0 Å². The van der Waals surface area contributed by atoms with E-state index in [0.717, 1.165) is 19.3 Å². The Morgan fingerprint density at radius 2 is 2.17 bits per heavy atom. The monoisotopic (exact) mass is 317 g/mol. The molecule has 3 rings (SSSR count). The van der Waals surface area contributed by atoms with Crippen LogP contribution >= 0.6 is 0 Å². The summed E-state index contributed by atoms with van der Waals surface area (Å²) in [5.74, 6) is -0.284. The number of primary amides is 1. The highest BCUT2D eigenvalue weighted by atomic mass is 16.6. The lowest BCUT2D eigenvalue weighted by Crippen LogP contribution is -2.31. The van der Waals surface area contributed by atoms with Crippen LogP contribution in [0.5, 0.6) is 0 Å². The van der Waals surface area contributed by atoms with E-state index in [4.69, 9.17) is 5.73 Å². The topological polar surface area (TPSA) is 116 Å². The van der Waals surface area contributed by atoms with Crippen molar-refractivity contribution in [1.82, 2.24) is 9.61 Å². The molecule has 1 amide bonds. The fourth-order valence-corrected chi connectivity index (χ4v) is 3.24. The molecule has 3 N–H and O–H groups in total. The van der Waals surface area contributed by atoms with Crippen molar-refractivity contribution >= 4 is 22.9 Å². The maximum Gasteiger partial charge on any atom is 0.348 e. The average molecular weight is 317 g/mol. The SMILES string of the molecule is C[C@@H]1CCCC[C@@H]1Nc1c(C(N)=O)cnn2c([N+](=O)[O-])ccc12. The van der Waals surface area contributed by atoms with Crippen LogP contribution in [0.1, 0.15) is 43.0 Å². The number of carbonyl (C=O) groups is 1. The molecule has 0 saturated heterocycles. The van der Waals surface area contributed by atoms with Gasteiger partial charge in [0.2, 0.25) is 0 Å². The van der Waals surface area contributed by atoms with E-state index in [0.29, 0.717) is 17.1 Å². The Morgan fingerprint density at radius 3 is 2.83 bits per heavy atom. The molecular weight excluding hydrogens is 298 g/mol. The van der Waals surface area contributed by atoms with Crippen LogP contribution in [0.4, 0.5) is 11.5 Å². The third kappa shape index (κ3) is 2.71. The molecule has 0 bridgehead atoms. The molecule has 0 aromatic carbocycles. The molecule has 1 fully saturated rings. The lowest BCUT2D eigenvalue weighted by atomic mass is 9.85. The predicted molar refractivity (Wildman–Crippen MR) is 85.4 cm³/mol. The van der Waals surface area contributed by atoms with Gasteiger partial charge in [0.25, 0.3) is 5.91 Å². The minimum Gasteiger partial charge on any atom is -0.378 e. The second kappa shape index (κ2) is 5.86. The van der Waals surface area contributed by atoms with Gasteiger partial charge in [0.05, 0.1) is 17.4 Å². The van der Waals surface area contributed by atoms with Crippen molar-refractivity contribution in [3.05, 3.63) is 34.0 Å². The number of nitro groups is 1. The van der Waals surface area contributed by atoms with Gasteiger partial charge in [-0.3, -0.25) is 4.79 Å². The zero-order chi connectivity index (χ0) is 16.6. The van der Waals surface area contributed by atoms with E-state index in [1.165, 1.54) is 23.2 Å². The van der Waals surface area contributed by atoms with E-state index in [2.05, 4.69) is 17.3 Å². The van der Waals surface area contributed by atoms with Gasteiger partial charge in [0, 0.05) is 12.1 Å². The largest absolute Gasteiger partial charge is 0.378 e. The second-order valence-electron chi connectivity index (χ2n) is 6.06. The van der Waals surface area contributed by atoms with Crippen LogP contribution < -0.4 is 11.1 Å². The fourth-order valence-electron chi connectivity index (χ4n) is 3.24. The summed E-state index contributed by atoms with van der Waals surface area (Å²) in [6.07, 6.45) is 5.72. The zero-order valence-corrected chi connectivity index (χ0v) is 12.9. The highest BCUT2D eigenvalue weighted by molar-refractivity contribution is 6.02. The minimum atomic E-state index is -0.602. The molecule has 8 heteroatoms. The van der Waals surface area contributed by atoms with Crippen molar-refractivity contribution in [3.8, 4) is 0 Å². The Labute approximate surface area is 132 Å². The Bertz CT molecular complexity index is 770. The van der Waals surface area contributed by atoms with E-state index in [9.17, 15) is 14.9 Å². The Morgan fingerprint density at radius 1 is 1.43 bits per heavy atom. The van der Waals surface area contributed by atoms with Gasteiger partial charge in [-0.25, -0.2) is 0 Å². The summed E-state index contributed by atoms with van der Waals surface area (Å²) in [5.41, 5.74) is 6.72. The number of anilines is 1. The normalized spacial score (nSPS) is 21.3. The average Bonchev–Trinajstić information content (AvgIpc) is 2.94.